The SMILES string of the molecule is C.CCN(C(C)C)C(C)C.CCN(C(C)C)C(C)C.NCCc1c(Cl)ncnc1N[C@H]1CCc2ccccc21.N[C@H]1CCc2ccccc21.O=C1c2ccccc2C(=O)N1CCc1c(Cl)ncnc1N[C@H]1CCc2ccccc21.O=CCc1c(Cl)ncnc1Cl.OCCc1c(Cl)ncnc1Cl.OCCc1c(Cl)ncnc1N[C@H]1CCc2ccccc21.[B].[H-].[Na+].c1ccc2c(c1)CCC2Nc1ncnc2c1CCN2. The van der Waals surface area contributed by atoms with Crippen LogP contribution in [0.25, 0.3) is 0 Å². The van der Waals surface area contributed by atoms with Crippen LogP contribution in [0.4, 0.5) is 29.1 Å². The maximum Gasteiger partial charge on any atom is 1.00 e. The van der Waals surface area contributed by atoms with E-state index in [1.54, 1.807) is 30.6 Å². The van der Waals surface area contributed by atoms with Crippen molar-refractivity contribution in [1.29, 1.82) is 0 Å². The molecule has 0 saturated heterocycles. The van der Waals surface area contributed by atoms with Gasteiger partial charge in [0.2, 0.25) is 0 Å². The Balaban J connectivity index is 0.000000224. The summed E-state index contributed by atoms with van der Waals surface area (Å²) >= 11 is 41.2. The number of carbonyl (C=O) groups excluding carboxylic acids is 3. The number of aryl methyl sites for hydroxylation is 5. The third-order valence-corrected chi connectivity index (χ3v) is 27.5. The molecule has 0 fully saturated rings. The summed E-state index contributed by atoms with van der Waals surface area (Å²) in [5.41, 5.74) is 30.8. The zero-order valence-electron chi connectivity index (χ0n) is 83.1. The molecule has 3 radical (unpaired) electrons. The molecule has 5 atom stereocenters. The number of aliphatic hydroxyl groups is 2. The molecule has 6 aromatic heterocycles. The fourth-order valence-corrected chi connectivity index (χ4v) is 20.1. The van der Waals surface area contributed by atoms with Gasteiger partial charge in [0.1, 0.15) is 109 Å². The second kappa shape index (κ2) is 59.8. The van der Waals surface area contributed by atoms with Crippen LogP contribution in [0.5, 0.6) is 0 Å². The molecule has 2 amide bonds. The summed E-state index contributed by atoms with van der Waals surface area (Å²) in [6.45, 7) is 26.4. The van der Waals surface area contributed by atoms with Crippen LogP contribution < -0.4 is 67.6 Å². The number of benzene rings is 6. The molecule has 1 unspecified atom stereocenters. The van der Waals surface area contributed by atoms with Gasteiger partial charge in [0.05, 0.1) is 35.3 Å². The number of aliphatic hydroxyl groups excluding tert-OH is 2. The van der Waals surface area contributed by atoms with E-state index in [-0.39, 0.29) is 113 Å². The van der Waals surface area contributed by atoms with E-state index in [9.17, 15) is 14.4 Å². The number of amides is 2. The zero-order chi connectivity index (χ0) is 99.6. The van der Waals surface area contributed by atoms with Crippen LogP contribution >= 0.6 is 81.2 Å². The summed E-state index contributed by atoms with van der Waals surface area (Å²) in [5, 5.41) is 37.4. The molecule has 0 bridgehead atoms. The van der Waals surface area contributed by atoms with Crippen LogP contribution in [-0.4, -0.2) is 181 Å². The largest absolute Gasteiger partial charge is 1.00 e. The summed E-state index contributed by atoms with van der Waals surface area (Å²) in [5.74, 6) is 3.61. The molecule has 36 heteroatoms. The predicted molar refractivity (Wildman–Crippen MR) is 574 cm³/mol. The molecule has 8 heterocycles. The number of nitrogens with two attached hydrogens (primary N) is 2. The third kappa shape index (κ3) is 32.2. The average molecular weight is 2080 g/mol. The van der Waals surface area contributed by atoms with E-state index in [4.69, 9.17) is 103 Å². The second-order valence-corrected chi connectivity index (χ2v) is 37.6. The summed E-state index contributed by atoms with van der Waals surface area (Å²) in [4.78, 5) is 90.2. The first-order valence-electron chi connectivity index (χ1n) is 47.6. The number of anilines is 5. The van der Waals surface area contributed by atoms with E-state index in [1.807, 2.05) is 6.07 Å². The normalized spacial score (nSPS) is 15.7. The number of rotatable bonds is 25. The molecule has 7 aliphatic rings. The Labute approximate surface area is 897 Å². The number of nitrogens with zero attached hydrogens (tertiary/aromatic N) is 15. The van der Waals surface area contributed by atoms with Gasteiger partial charge in [-0.25, -0.2) is 59.8 Å². The van der Waals surface area contributed by atoms with Gasteiger partial charge in [0, 0.05) is 118 Å². The molecular formula is C106H132BCl7N22NaO5. The third-order valence-electron chi connectivity index (χ3n) is 25.2. The number of aldehydes is 1. The number of hydrogen-bond acceptors (Lipinski definition) is 26. The van der Waals surface area contributed by atoms with Gasteiger partial charge in [-0.05, 0) is 226 Å². The van der Waals surface area contributed by atoms with Gasteiger partial charge in [-0.2, -0.15) is 0 Å². The van der Waals surface area contributed by atoms with E-state index in [0.717, 1.165) is 125 Å². The Morgan fingerprint density at radius 3 is 1.06 bits per heavy atom. The van der Waals surface area contributed by atoms with E-state index in [1.165, 1.54) is 97.7 Å². The molecule has 2 aliphatic heterocycles. The van der Waals surface area contributed by atoms with Crippen molar-refractivity contribution in [2.45, 2.75) is 234 Å². The minimum Gasteiger partial charge on any atom is -1.00 e. The molecule has 27 nitrogen and oxygen atoms in total. The fourth-order valence-electron chi connectivity index (χ4n) is 18.4. The first-order chi connectivity index (χ1) is 67.2. The summed E-state index contributed by atoms with van der Waals surface area (Å²) in [7, 11) is 0. The molecule has 6 aromatic carbocycles. The molecule has 0 saturated carbocycles. The predicted octanol–water partition coefficient (Wildman–Crippen LogP) is 18.2. The van der Waals surface area contributed by atoms with Gasteiger partial charge in [-0.3, -0.25) is 24.3 Å². The number of hydrogen-bond donors (Lipinski definition) is 9. The van der Waals surface area contributed by atoms with Crippen molar-refractivity contribution in [3.05, 3.63) is 320 Å². The zero-order valence-corrected chi connectivity index (χ0v) is 89.4. The molecule has 0 spiro atoms. The van der Waals surface area contributed by atoms with E-state index >= 15 is 0 Å². The topological polar surface area (TPSA) is 368 Å². The van der Waals surface area contributed by atoms with Gasteiger partial charge in [-0.1, -0.05) is 236 Å². The second-order valence-electron chi connectivity index (χ2n) is 35.1. The quantitative estimate of drug-likeness (QED) is 0.0111. The van der Waals surface area contributed by atoms with Gasteiger partial charge < -0.3 is 54.5 Å². The number of carbonyl (C=O) groups is 3. The van der Waals surface area contributed by atoms with Crippen molar-refractivity contribution in [3.8, 4) is 0 Å². The van der Waals surface area contributed by atoms with Gasteiger partial charge in [0.15, 0.2) is 0 Å². The Hall–Kier alpha value is -9.54. The van der Waals surface area contributed by atoms with Crippen molar-refractivity contribution in [2.75, 3.05) is 72.5 Å². The van der Waals surface area contributed by atoms with Crippen molar-refractivity contribution >= 4 is 137 Å². The summed E-state index contributed by atoms with van der Waals surface area (Å²) in [6.07, 6.45) is 23.1. The summed E-state index contributed by atoms with van der Waals surface area (Å²) < 4.78 is 0. The van der Waals surface area contributed by atoms with Crippen molar-refractivity contribution in [2.24, 2.45) is 11.5 Å². The molecule has 5 aliphatic carbocycles. The number of imide groups is 1. The number of halogens is 7. The first-order valence-corrected chi connectivity index (χ1v) is 50.2. The standard InChI is InChI=1S/C23H19ClN4O2.C15H17ClN4.C15H16ClN3O.C15H16N4.C9H11N.2C8H19N.C6H6Cl2N2O.C6H4Cl2N2O.CH4.B.Na.H/c24-20-18(11-12-28-22(29)16-7-3-4-8-17(16)23(28)30)21(26-13-25-20)27-19-10-9-14-5-1-2-6-15(14)19;16-14-12(7-8-17)15(19-9-18-14)20-13-6-5-10-3-1-2-4-11(10)13;16-14-12(7-8-20)15(18-9-17-14)19-13-6-5-10-3-1-2-4-11(10)13;1-2-4-11-10(3-1)5-6-13(11)19-15-12-7-8-16-14(12)17-9-18-15;10-9-6-5-7-3-1-2-4-8(7)9;2*1-6-9(7(2)3)8(4)5;2*7-5-4(1-2-11)6(8)10-3-9-5;;;;/h1-8,13,19H,9-12H2,(H,25,26,27);1-4,9,13H,5-8,17H2,(H,18,19,20);1-4,9,13,20H,5-8H2,(H,17,18,19);1-4,9,13H,5-8H2,(H2,16,17,18,19);1-4,9H,5-6,10H2;2*7-8H,6H2,1-5H3;3,11H,1-2H2;2-3H,1H2;1H4;;;/q;;;;;;;;;;;+1;-1/t19-;2*13-;;9-;;;;;;;;/m000.0......../s1. The molecule has 19 rings (SSSR count). The van der Waals surface area contributed by atoms with Crippen molar-refractivity contribution < 1.29 is 55.6 Å². The molecular weight excluding hydrogens is 1940 g/mol. The van der Waals surface area contributed by atoms with Crippen LogP contribution in [0.2, 0.25) is 36.1 Å². The molecule has 12 aromatic rings. The monoisotopic (exact) mass is 2070 g/mol. The number of nitrogens with one attached hydrogen (secondary N) is 5. The number of fused-ring (bicyclic) bond motifs is 7. The minimum absolute atomic E-state index is 0. The number of aromatic nitrogens is 12. The van der Waals surface area contributed by atoms with Crippen molar-refractivity contribution in [3.63, 3.8) is 0 Å². The van der Waals surface area contributed by atoms with Gasteiger partial charge >= 0.3 is 29.6 Å². The van der Waals surface area contributed by atoms with Gasteiger partial charge in [0.25, 0.3) is 11.8 Å². The average Bonchev–Trinajstić information content (AvgIpc) is 1.63. The molecule has 749 valence electrons. The Bertz CT molecular complexity index is 5810. The van der Waals surface area contributed by atoms with Crippen LogP contribution in [0.1, 0.15) is 250 Å². The summed E-state index contributed by atoms with van der Waals surface area (Å²) in [6, 6.07) is 53.4. The fraction of sp³-hybridized carbons (Fsp3) is 0.406. The maximum absolute atomic E-state index is 12.6. The maximum atomic E-state index is 12.6. The molecule has 142 heavy (non-hydrogen) atoms. The van der Waals surface area contributed by atoms with E-state index in [0.29, 0.717) is 134 Å². The molecule has 11 N–H and O–H groups in total. The minimum atomic E-state index is -0.275. The van der Waals surface area contributed by atoms with Crippen LogP contribution in [0.15, 0.2) is 184 Å². The van der Waals surface area contributed by atoms with Gasteiger partial charge in [-0.15, -0.1) is 0 Å². The van der Waals surface area contributed by atoms with E-state index < -0.39 is 0 Å². The Morgan fingerprint density at radius 2 is 0.711 bits per heavy atom. The van der Waals surface area contributed by atoms with Crippen LogP contribution in [0.3, 0.4) is 0 Å². The van der Waals surface area contributed by atoms with E-state index in [2.05, 4.69) is 281 Å². The smallest absolute Gasteiger partial charge is 1.00 e. The van der Waals surface area contributed by atoms with Crippen LogP contribution in [0, 0.1) is 0 Å². The Kier molecular flexibility index (Phi) is 49.6. The first kappa shape index (κ1) is 118. The van der Waals surface area contributed by atoms with Crippen molar-refractivity contribution in [1.82, 2.24) is 74.5 Å². The van der Waals surface area contributed by atoms with Crippen LogP contribution in [-0.2, 0) is 75.4 Å². The Morgan fingerprint density at radius 1 is 0.415 bits per heavy atom.